The molecule has 4 nitrogen and oxygen atoms in total. The van der Waals surface area contributed by atoms with Gasteiger partial charge in [0.2, 0.25) is 0 Å². The first-order valence-electron chi connectivity index (χ1n) is 7.62. The van der Waals surface area contributed by atoms with Crippen LogP contribution in [-0.4, -0.2) is 21.8 Å². The Bertz CT molecular complexity index is 804. The summed E-state index contributed by atoms with van der Waals surface area (Å²) in [5.74, 6) is 0.801. The fourth-order valence-corrected chi connectivity index (χ4v) is 3.71. The highest BCUT2D eigenvalue weighted by molar-refractivity contribution is 9.10. The average molecular weight is 412 g/mol. The molecule has 2 aromatic rings. The predicted octanol–water partition coefficient (Wildman–Crippen LogP) is 4.27. The van der Waals surface area contributed by atoms with Gasteiger partial charge < -0.3 is 10.1 Å². The number of rotatable bonds is 6. The third-order valence-electron chi connectivity index (χ3n) is 3.98. The zero-order valence-corrected chi connectivity index (χ0v) is 16.6. The van der Waals surface area contributed by atoms with Crippen LogP contribution in [0.2, 0.25) is 0 Å². The fraction of sp³-hybridized carbons (Fsp3) is 0.333. The maximum absolute atomic E-state index is 11.5. The van der Waals surface area contributed by atoms with Crippen LogP contribution in [0.25, 0.3) is 0 Å². The summed E-state index contributed by atoms with van der Waals surface area (Å²) in [6.45, 7) is 4.15. The number of benzene rings is 2. The Morgan fingerprint density at radius 3 is 2.04 bits per heavy atom. The monoisotopic (exact) mass is 411 g/mol. The van der Waals surface area contributed by atoms with Gasteiger partial charge in [0.1, 0.15) is 5.75 Å². The van der Waals surface area contributed by atoms with Crippen molar-refractivity contribution in [1.82, 2.24) is 5.32 Å². The van der Waals surface area contributed by atoms with E-state index in [0.29, 0.717) is 4.90 Å². The maximum Gasteiger partial charge on any atom is 0.175 e. The number of hydrogen-bond acceptors (Lipinski definition) is 4. The molecule has 0 heterocycles. The van der Waals surface area contributed by atoms with Crippen molar-refractivity contribution in [2.24, 2.45) is 0 Å². The quantitative estimate of drug-likeness (QED) is 0.770. The predicted molar refractivity (Wildman–Crippen MR) is 100 cm³/mol. The summed E-state index contributed by atoms with van der Waals surface area (Å²) < 4.78 is 29.2. The summed E-state index contributed by atoms with van der Waals surface area (Å²) in [5.41, 5.74) is 2.18. The second-order valence-electron chi connectivity index (χ2n) is 5.85. The minimum Gasteiger partial charge on any atom is -0.496 e. The normalized spacial score (nSPS) is 14.2. The van der Waals surface area contributed by atoms with Gasteiger partial charge in [0.05, 0.1) is 16.5 Å². The molecule has 0 fully saturated rings. The molecule has 24 heavy (non-hydrogen) atoms. The lowest BCUT2D eigenvalue weighted by Gasteiger charge is -2.21. The van der Waals surface area contributed by atoms with Crippen molar-refractivity contribution in [3.63, 3.8) is 0 Å². The van der Waals surface area contributed by atoms with Crippen LogP contribution in [0, 0.1) is 0 Å². The van der Waals surface area contributed by atoms with Gasteiger partial charge >= 0.3 is 0 Å². The molecule has 0 amide bonds. The Morgan fingerprint density at radius 2 is 1.54 bits per heavy atom. The van der Waals surface area contributed by atoms with E-state index in [-0.39, 0.29) is 12.1 Å². The summed E-state index contributed by atoms with van der Waals surface area (Å²) in [5, 5.41) is 3.52. The lowest BCUT2D eigenvalue weighted by Crippen LogP contribution is -2.22. The number of ether oxygens (including phenoxy) is 1. The number of methoxy groups -OCH3 is 1. The van der Waals surface area contributed by atoms with Crippen molar-refractivity contribution in [2.45, 2.75) is 30.8 Å². The number of hydrogen-bond donors (Lipinski definition) is 1. The van der Waals surface area contributed by atoms with Crippen LogP contribution in [0.1, 0.15) is 37.1 Å². The Balaban J connectivity index is 2.11. The van der Waals surface area contributed by atoms with Crippen LogP contribution in [0.3, 0.4) is 0 Å². The molecule has 2 aromatic carbocycles. The highest BCUT2D eigenvalue weighted by Gasteiger charge is 2.14. The zero-order valence-electron chi connectivity index (χ0n) is 14.2. The SMILES string of the molecule is COc1ccc(C(C)NC(C)c2ccc(S(C)(=O)=O)cc2)cc1Br. The van der Waals surface area contributed by atoms with Crippen molar-refractivity contribution < 1.29 is 13.2 Å². The largest absolute Gasteiger partial charge is 0.496 e. The van der Waals surface area contributed by atoms with Crippen LogP contribution < -0.4 is 10.1 Å². The summed E-state index contributed by atoms with van der Waals surface area (Å²) in [6, 6.07) is 13.2. The third kappa shape index (κ3) is 4.59. The maximum atomic E-state index is 11.5. The van der Waals surface area contributed by atoms with Crippen LogP contribution in [0.5, 0.6) is 5.75 Å². The van der Waals surface area contributed by atoms with E-state index in [1.54, 1.807) is 19.2 Å². The summed E-state index contributed by atoms with van der Waals surface area (Å²) >= 11 is 3.50. The Morgan fingerprint density at radius 1 is 1.00 bits per heavy atom. The van der Waals surface area contributed by atoms with Gasteiger partial charge in [-0.1, -0.05) is 18.2 Å². The third-order valence-corrected chi connectivity index (χ3v) is 5.73. The van der Waals surface area contributed by atoms with Gasteiger partial charge in [-0.2, -0.15) is 0 Å². The first kappa shape index (κ1) is 19.0. The van der Waals surface area contributed by atoms with E-state index in [1.165, 1.54) is 6.26 Å². The molecule has 2 rings (SSSR count). The molecule has 0 aliphatic rings. The van der Waals surface area contributed by atoms with E-state index < -0.39 is 9.84 Å². The van der Waals surface area contributed by atoms with Crippen molar-refractivity contribution in [3.8, 4) is 5.75 Å². The molecule has 6 heteroatoms. The Labute approximate surface area is 152 Å². The van der Waals surface area contributed by atoms with Crippen LogP contribution in [0.15, 0.2) is 51.8 Å². The van der Waals surface area contributed by atoms with E-state index in [9.17, 15) is 8.42 Å². The minimum atomic E-state index is -3.16. The van der Waals surface area contributed by atoms with Gasteiger partial charge in [0, 0.05) is 18.3 Å². The van der Waals surface area contributed by atoms with Crippen molar-refractivity contribution >= 4 is 25.8 Å². The van der Waals surface area contributed by atoms with Gasteiger partial charge in [-0.3, -0.25) is 0 Å². The second kappa shape index (κ2) is 7.68. The molecule has 0 aliphatic heterocycles. The Kier molecular flexibility index (Phi) is 6.06. The average Bonchev–Trinajstić information content (AvgIpc) is 2.54. The van der Waals surface area contributed by atoms with Gasteiger partial charge in [0.25, 0.3) is 0 Å². The molecule has 0 bridgehead atoms. The number of nitrogens with one attached hydrogen (secondary N) is 1. The topological polar surface area (TPSA) is 55.4 Å². The molecule has 130 valence electrons. The molecule has 0 aliphatic carbocycles. The molecular weight excluding hydrogens is 390 g/mol. The minimum absolute atomic E-state index is 0.0921. The van der Waals surface area contributed by atoms with Gasteiger partial charge in [0.15, 0.2) is 9.84 Å². The van der Waals surface area contributed by atoms with Crippen molar-refractivity contribution in [2.75, 3.05) is 13.4 Å². The zero-order chi connectivity index (χ0) is 17.9. The van der Waals surface area contributed by atoms with Gasteiger partial charge in [-0.05, 0) is 65.2 Å². The van der Waals surface area contributed by atoms with Crippen LogP contribution in [-0.2, 0) is 9.84 Å². The fourth-order valence-electron chi connectivity index (χ4n) is 2.52. The second-order valence-corrected chi connectivity index (χ2v) is 8.72. The lowest BCUT2D eigenvalue weighted by atomic mass is 10.0. The van der Waals surface area contributed by atoms with E-state index in [2.05, 4.69) is 35.1 Å². The van der Waals surface area contributed by atoms with Gasteiger partial charge in [-0.15, -0.1) is 0 Å². The van der Waals surface area contributed by atoms with E-state index in [0.717, 1.165) is 21.3 Å². The van der Waals surface area contributed by atoms with Gasteiger partial charge in [-0.25, -0.2) is 8.42 Å². The molecule has 2 unspecified atom stereocenters. The highest BCUT2D eigenvalue weighted by Crippen LogP contribution is 2.29. The summed E-state index contributed by atoms with van der Waals surface area (Å²) in [4.78, 5) is 0.339. The highest BCUT2D eigenvalue weighted by atomic mass is 79.9. The molecule has 2 atom stereocenters. The number of sulfone groups is 1. The molecule has 0 spiro atoms. The standard InChI is InChI=1S/C18H22BrNO3S/c1-12(14-5-8-16(9-6-14)24(4,21)22)20-13(2)15-7-10-18(23-3)17(19)11-15/h5-13,20H,1-4H3. The van der Waals surface area contributed by atoms with Crippen LogP contribution in [0.4, 0.5) is 0 Å². The lowest BCUT2D eigenvalue weighted by molar-refractivity contribution is 0.411. The summed E-state index contributed by atoms with van der Waals surface area (Å²) in [6.07, 6.45) is 1.22. The van der Waals surface area contributed by atoms with Crippen LogP contribution >= 0.6 is 15.9 Å². The molecule has 0 aromatic heterocycles. The Hall–Kier alpha value is -1.37. The molecule has 1 N–H and O–H groups in total. The van der Waals surface area contributed by atoms with Crippen molar-refractivity contribution in [1.29, 1.82) is 0 Å². The molecule has 0 saturated carbocycles. The first-order valence-corrected chi connectivity index (χ1v) is 10.3. The molecule has 0 saturated heterocycles. The van der Waals surface area contributed by atoms with E-state index in [1.807, 2.05) is 30.3 Å². The van der Waals surface area contributed by atoms with E-state index in [4.69, 9.17) is 4.74 Å². The van der Waals surface area contributed by atoms with Crippen molar-refractivity contribution in [3.05, 3.63) is 58.1 Å². The first-order chi connectivity index (χ1) is 11.2. The summed E-state index contributed by atoms with van der Waals surface area (Å²) in [7, 11) is -1.52. The molecule has 0 radical (unpaired) electrons. The number of halogens is 1. The van der Waals surface area contributed by atoms with E-state index >= 15 is 0 Å². The smallest absolute Gasteiger partial charge is 0.175 e. The molecular formula is C18H22BrNO3S.